The molecular formula is C23H26N2. The fraction of sp³-hybridized carbons (Fsp3) is 0.261. The van der Waals surface area contributed by atoms with Gasteiger partial charge < -0.3 is 4.90 Å². The third kappa shape index (κ3) is 4.48. The highest BCUT2D eigenvalue weighted by Gasteiger charge is 2.11. The van der Waals surface area contributed by atoms with E-state index in [9.17, 15) is 0 Å². The van der Waals surface area contributed by atoms with Gasteiger partial charge in [-0.25, -0.2) is 0 Å². The Morgan fingerprint density at radius 3 is 2.76 bits per heavy atom. The molecule has 2 heteroatoms. The zero-order valence-electron chi connectivity index (χ0n) is 15.2. The molecule has 1 aliphatic rings. The molecule has 128 valence electrons. The lowest BCUT2D eigenvalue weighted by Crippen LogP contribution is -2.24. The lowest BCUT2D eigenvalue weighted by molar-refractivity contribution is 0.363. The lowest BCUT2D eigenvalue weighted by Gasteiger charge is -2.28. The molecule has 0 atom stereocenters. The third-order valence-electron chi connectivity index (χ3n) is 4.70. The second-order valence-electron chi connectivity index (χ2n) is 6.50. The Morgan fingerprint density at radius 2 is 1.96 bits per heavy atom. The molecule has 25 heavy (non-hydrogen) atoms. The largest absolute Gasteiger partial charge is 0.367 e. The van der Waals surface area contributed by atoms with Gasteiger partial charge in [-0.15, -0.1) is 0 Å². The van der Waals surface area contributed by atoms with Crippen molar-refractivity contribution >= 4 is 17.0 Å². The van der Waals surface area contributed by atoms with E-state index < -0.39 is 0 Å². The molecule has 0 amide bonds. The Morgan fingerprint density at radius 1 is 1.12 bits per heavy atom. The van der Waals surface area contributed by atoms with Crippen LogP contribution in [0.15, 0.2) is 83.0 Å². The van der Waals surface area contributed by atoms with Gasteiger partial charge in [-0.2, -0.15) is 0 Å². The summed E-state index contributed by atoms with van der Waals surface area (Å²) in [5.41, 5.74) is 4.10. The van der Waals surface area contributed by atoms with Crippen molar-refractivity contribution in [3.8, 4) is 0 Å². The van der Waals surface area contributed by atoms with Gasteiger partial charge in [0.2, 0.25) is 0 Å². The first-order valence-electron chi connectivity index (χ1n) is 8.93. The Labute approximate surface area is 150 Å². The van der Waals surface area contributed by atoms with Crippen LogP contribution in [0, 0.1) is 0 Å². The van der Waals surface area contributed by atoms with E-state index in [2.05, 4.69) is 83.6 Å². The first kappa shape index (κ1) is 17.2. The maximum atomic E-state index is 4.11. The van der Waals surface area contributed by atoms with Crippen molar-refractivity contribution in [3.05, 3.63) is 83.6 Å². The van der Waals surface area contributed by atoms with Crippen molar-refractivity contribution in [2.75, 3.05) is 13.6 Å². The standard InChI is InChI=1S/C23H26N2/c1-19(15-16-24-2)25(17-20-9-4-3-5-10-20)18-22-13-8-12-21-11-6-7-14-23(21)22/h3-4,6-9,11-16H,5,10,17-18H2,1-2H3/b19-15+,24-16-. The number of benzene rings is 2. The summed E-state index contributed by atoms with van der Waals surface area (Å²) in [4.78, 5) is 6.56. The Balaban J connectivity index is 1.90. The molecule has 0 spiro atoms. The number of allylic oxidation sites excluding steroid dienone is 5. The molecule has 0 unspecified atom stereocenters. The maximum Gasteiger partial charge on any atom is 0.0436 e. The summed E-state index contributed by atoms with van der Waals surface area (Å²) < 4.78 is 0. The van der Waals surface area contributed by atoms with E-state index in [0.29, 0.717) is 0 Å². The monoisotopic (exact) mass is 330 g/mol. The van der Waals surface area contributed by atoms with E-state index in [1.54, 1.807) is 0 Å². The summed E-state index contributed by atoms with van der Waals surface area (Å²) in [6.07, 6.45) is 13.0. The second kappa shape index (κ2) is 8.48. The molecule has 0 aliphatic heterocycles. The fourth-order valence-electron chi connectivity index (χ4n) is 3.26. The van der Waals surface area contributed by atoms with Gasteiger partial charge in [0.25, 0.3) is 0 Å². The van der Waals surface area contributed by atoms with E-state index >= 15 is 0 Å². The minimum Gasteiger partial charge on any atom is -0.367 e. The van der Waals surface area contributed by atoms with E-state index in [0.717, 1.165) is 25.9 Å². The Kier molecular flexibility index (Phi) is 5.84. The van der Waals surface area contributed by atoms with Gasteiger partial charge in [-0.05, 0) is 42.2 Å². The van der Waals surface area contributed by atoms with Crippen molar-refractivity contribution < 1.29 is 0 Å². The molecule has 0 radical (unpaired) electrons. The van der Waals surface area contributed by atoms with Gasteiger partial charge in [0.1, 0.15) is 0 Å². The minimum atomic E-state index is 0.905. The van der Waals surface area contributed by atoms with E-state index in [1.165, 1.54) is 27.6 Å². The molecule has 0 aromatic heterocycles. The number of nitrogens with zero attached hydrogens (tertiary/aromatic N) is 2. The summed E-state index contributed by atoms with van der Waals surface area (Å²) in [5.74, 6) is 0. The van der Waals surface area contributed by atoms with Crippen LogP contribution in [-0.2, 0) is 6.54 Å². The predicted octanol–water partition coefficient (Wildman–Crippen LogP) is 5.52. The van der Waals surface area contributed by atoms with Crippen LogP contribution in [0.3, 0.4) is 0 Å². The molecule has 0 saturated carbocycles. The molecule has 2 aromatic carbocycles. The zero-order valence-corrected chi connectivity index (χ0v) is 15.2. The summed E-state index contributed by atoms with van der Waals surface area (Å²) in [6.45, 7) is 4.04. The first-order chi connectivity index (χ1) is 12.3. The SMILES string of the molecule is C/N=C\C=C(/C)N(CC1=CC=CCC1)Cc1cccc2ccccc12. The molecular weight excluding hydrogens is 304 g/mol. The van der Waals surface area contributed by atoms with Crippen LogP contribution < -0.4 is 0 Å². The van der Waals surface area contributed by atoms with E-state index in [-0.39, 0.29) is 0 Å². The highest BCUT2D eigenvalue weighted by atomic mass is 15.1. The fourth-order valence-corrected chi connectivity index (χ4v) is 3.26. The average Bonchev–Trinajstić information content (AvgIpc) is 2.66. The van der Waals surface area contributed by atoms with Crippen LogP contribution in [0.4, 0.5) is 0 Å². The molecule has 0 fully saturated rings. The molecule has 2 nitrogen and oxygen atoms in total. The van der Waals surface area contributed by atoms with Crippen molar-refractivity contribution in [2.24, 2.45) is 4.99 Å². The van der Waals surface area contributed by atoms with Crippen LogP contribution in [0.5, 0.6) is 0 Å². The van der Waals surface area contributed by atoms with Crippen molar-refractivity contribution in [2.45, 2.75) is 26.3 Å². The normalized spacial score (nSPS) is 15.0. The van der Waals surface area contributed by atoms with Gasteiger partial charge in [-0.3, -0.25) is 4.99 Å². The maximum absolute atomic E-state index is 4.11. The molecule has 0 saturated heterocycles. The van der Waals surface area contributed by atoms with Gasteiger partial charge in [0.05, 0.1) is 0 Å². The highest BCUT2D eigenvalue weighted by Crippen LogP contribution is 2.23. The highest BCUT2D eigenvalue weighted by molar-refractivity contribution is 5.85. The van der Waals surface area contributed by atoms with Gasteiger partial charge in [0.15, 0.2) is 0 Å². The van der Waals surface area contributed by atoms with Crippen LogP contribution in [0.1, 0.15) is 25.3 Å². The first-order valence-corrected chi connectivity index (χ1v) is 8.93. The molecule has 0 heterocycles. The number of aliphatic imine (C=N–C) groups is 1. The van der Waals surface area contributed by atoms with Gasteiger partial charge in [-0.1, -0.05) is 66.3 Å². The van der Waals surface area contributed by atoms with Crippen LogP contribution in [0.2, 0.25) is 0 Å². The zero-order chi connectivity index (χ0) is 17.5. The molecule has 3 rings (SSSR count). The summed E-state index contributed by atoms with van der Waals surface area (Å²) in [5, 5.41) is 2.64. The molecule has 1 aliphatic carbocycles. The molecule has 2 aromatic rings. The Bertz CT molecular complexity index is 835. The molecule has 0 bridgehead atoms. The topological polar surface area (TPSA) is 15.6 Å². The minimum absolute atomic E-state index is 0.905. The van der Waals surface area contributed by atoms with Crippen LogP contribution >= 0.6 is 0 Å². The third-order valence-corrected chi connectivity index (χ3v) is 4.70. The lowest BCUT2D eigenvalue weighted by atomic mass is 10.0. The average molecular weight is 330 g/mol. The summed E-state index contributed by atoms with van der Waals surface area (Å²) in [6, 6.07) is 15.2. The van der Waals surface area contributed by atoms with E-state index in [4.69, 9.17) is 0 Å². The number of fused-ring (bicyclic) bond motifs is 1. The van der Waals surface area contributed by atoms with Gasteiger partial charge >= 0.3 is 0 Å². The van der Waals surface area contributed by atoms with E-state index in [1.807, 2.05) is 13.3 Å². The van der Waals surface area contributed by atoms with Gasteiger partial charge in [0, 0.05) is 32.0 Å². The predicted molar refractivity (Wildman–Crippen MR) is 109 cm³/mol. The Hall–Kier alpha value is -2.61. The summed E-state index contributed by atoms with van der Waals surface area (Å²) >= 11 is 0. The summed E-state index contributed by atoms with van der Waals surface area (Å²) in [7, 11) is 1.81. The number of hydrogen-bond acceptors (Lipinski definition) is 2. The smallest absolute Gasteiger partial charge is 0.0436 e. The number of hydrogen-bond donors (Lipinski definition) is 0. The number of rotatable bonds is 6. The van der Waals surface area contributed by atoms with Crippen molar-refractivity contribution in [1.29, 1.82) is 0 Å². The quantitative estimate of drug-likeness (QED) is 0.637. The second-order valence-corrected chi connectivity index (χ2v) is 6.50. The van der Waals surface area contributed by atoms with Crippen LogP contribution in [-0.4, -0.2) is 24.7 Å². The van der Waals surface area contributed by atoms with Crippen LogP contribution in [0.25, 0.3) is 10.8 Å². The van der Waals surface area contributed by atoms with Crippen molar-refractivity contribution in [3.63, 3.8) is 0 Å². The molecule has 0 N–H and O–H groups in total. The van der Waals surface area contributed by atoms with Crippen molar-refractivity contribution in [1.82, 2.24) is 4.90 Å².